The summed E-state index contributed by atoms with van der Waals surface area (Å²) in [5.41, 5.74) is 3.15. The highest BCUT2D eigenvalue weighted by molar-refractivity contribution is 6.24. The smallest absolute Gasteiger partial charge is 0.255 e. The first kappa shape index (κ1) is 30.0. The number of aliphatic hydroxyl groups excluding tert-OH is 2. The van der Waals surface area contributed by atoms with Crippen LogP contribution in [0.4, 0.5) is 5.69 Å². The van der Waals surface area contributed by atoms with Gasteiger partial charge < -0.3 is 36.2 Å². The molecule has 3 aliphatic carbocycles. The van der Waals surface area contributed by atoms with Crippen LogP contribution in [0.15, 0.2) is 28.7 Å². The molecule has 12 heteroatoms. The third-order valence-corrected chi connectivity index (χ3v) is 9.55. The number of piperidine rings is 1. The lowest BCUT2D eigenvalue weighted by Gasteiger charge is -2.50. The Hall–Kier alpha value is -3.45. The molecule has 0 aromatic heterocycles. The Morgan fingerprint density at radius 1 is 1.10 bits per heavy atom. The molecule has 7 N–H and O–H groups in total. The first-order valence-electron chi connectivity index (χ1n) is 14.2. The summed E-state index contributed by atoms with van der Waals surface area (Å²) in [6.45, 7) is 3.66. The second-order valence-corrected chi connectivity index (χ2v) is 12.9. The minimum atomic E-state index is -2.67. The van der Waals surface area contributed by atoms with E-state index >= 15 is 0 Å². The number of anilines is 1. The molecule has 4 aliphatic rings. The van der Waals surface area contributed by atoms with Gasteiger partial charge in [0.1, 0.15) is 22.8 Å². The van der Waals surface area contributed by atoms with Gasteiger partial charge in [-0.1, -0.05) is 0 Å². The van der Waals surface area contributed by atoms with Crippen molar-refractivity contribution in [1.82, 2.24) is 9.80 Å². The molecule has 0 saturated carbocycles. The van der Waals surface area contributed by atoms with E-state index in [0.717, 1.165) is 11.3 Å². The summed E-state index contributed by atoms with van der Waals surface area (Å²) < 4.78 is 0. The van der Waals surface area contributed by atoms with E-state index in [9.17, 15) is 39.9 Å². The van der Waals surface area contributed by atoms with E-state index in [1.165, 1.54) is 11.0 Å². The number of phenolic OH excluding ortho intramolecular Hbond substituents is 1. The standard InChI is InChI=1S/C30H40N4O8/c1-29(41)6-8-34(9-7-29)13-15-12-18(35)20-16(22(15)32(2)3)10-14-11-17-23(33(4)5)25(37)21(28(31)40)27(39)30(17,42)26(38)19(14)24(20)36/h12,14,17,23,35,37-38,41-42H,6-11,13H2,1-5H3,(H2,31,40)/t14-,17-,23-,30-/m0/s1. The van der Waals surface area contributed by atoms with Crippen molar-refractivity contribution >= 4 is 23.2 Å². The Morgan fingerprint density at radius 2 is 1.71 bits per heavy atom. The van der Waals surface area contributed by atoms with Crippen LogP contribution < -0.4 is 10.6 Å². The molecule has 4 atom stereocenters. The zero-order valence-electron chi connectivity index (χ0n) is 24.6. The number of nitrogens with two attached hydrogens (primary N) is 1. The monoisotopic (exact) mass is 584 g/mol. The maximum Gasteiger partial charge on any atom is 0.255 e. The summed E-state index contributed by atoms with van der Waals surface area (Å²) in [6.07, 6.45) is 1.48. The minimum absolute atomic E-state index is 0.00944. The van der Waals surface area contributed by atoms with Crippen LogP contribution in [0.3, 0.4) is 0 Å². The third kappa shape index (κ3) is 4.39. The van der Waals surface area contributed by atoms with Gasteiger partial charge in [-0.15, -0.1) is 0 Å². The van der Waals surface area contributed by atoms with Gasteiger partial charge in [-0.05, 0) is 69.8 Å². The summed E-state index contributed by atoms with van der Waals surface area (Å²) in [5.74, 6) is -6.69. The molecule has 0 spiro atoms. The number of rotatable bonds is 5. The minimum Gasteiger partial charge on any atom is -0.510 e. The van der Waals surface area contributed by atoms with Gasteiger partial charge in [0.05, 0.1) is 17.2 Å². The van der Waals surface area contributed by atoms with Gasteiger partial charge in [-0.3, -0.25) is 24.2 Å². The first-order valence-corrected chi connectivity index (χ1v) is 14.2. The van der Waals surface area contributed by atoms with Crippen LogP contribution in [0.1, 0.15) is 47.7 Å². The number of Topliss-reactive ketones (excluding diaryl/α,β-unsaturated/α-hetero) is 2. The molecule has 0 unspecified atom stereocenters. The molecule has 1 aromatic rings. The molecule has 228 valence electrons. The van der Waals surface area contributed by atoms with Crippen molar-refractivity contribution < 1.29 is 39.9 Å². The van der Waals surface area contributed by atoms with Crippen molar-refractivity contribution in [1.29, 1.82) is 0 Å². The second kappa shape index (κ2) is 10.1. The zero-order valence-corrected chi connectivity index (χ0v) is 24.6. The fraction of sp³-hybridized carbons (Fsp3) is 0.567. The molecule has 5 rings (SSSR count). The molecule has 1 saturated heterocycles. The van der Waals surface area contributed by atoms with Crippen LogP contribution in [0, 0.1) is 11.8 Å². The Labute approximate surface area is 244 Å². The van der Waals surface area contributed by atoms with E-state index in [4.69, 9.17) is 5.73 Å². The number of aliphatic hydroxyl groups is 4. The molecule has 0 bridgehead atoms. The lowest BCUT2D eigenvalue weighted by atomic mass is 9.58. The normalized spacial score (nSPS) is 29.4. The van der Waals surface area contributed by atoms with E-state index in [0.29, 0.717) is 38.0 Å². The summed E-state index contributed by atoms with van der Waals surface area (Å²) >= 11 is 0. The van der Waals surface area contributed by atoms with Crippen LogP contribution >= 0.6 is 0 Å². The number of amides is 1. The fourth-order valence-electron chi connectivity index (χ4n) is 7.49. The number of carbonyl (C=O) groups is 3. The highest BCUT2D eigenvalue weighted by Crippen LogP contribution is 2.53. The lowest BCUT2D eigenvalue weighted by Crippen LogP contribution is -2.63. The van der Waals surface area contributed by atoms with Crippen molar-refractivity contribution in [2.75, 3.05) is 46.2 Å². The summed E-state index contributed by atoms with van der Waals surface area (Å²) in [6, 6.07) is 0.497. The van der Waals surface area contributed by atoms with Crippen LogP contribution in [0.5, 0.6) is 5.75 Å². The molecular weight excluding hydrogens is 544 g/mol. The van der Waals surface area contributed by atoms with Crippen LogP contribution in [-0.4, -0.2) is 111 Å². The average Bonchev–Trinajstić information content (AvgIpc) is 2.86. The van der Waals surface area contributed by atoms with E-state index in [2.05, 4.69) is 4.90 Å². The lowest BCUT2D eigenvalue weighted by molar-refractivity contribution is -0.148. The van der Waals surface area contributed by atoms with Crippen LogP contribution in [-0.2, 0) is 22.6 Å². The van der Waals surface area contributed by atoms with Crippen molar-refractivity contribution in [2.24, 2.45) is 17.6 Å². The van der Waals surface area contributed by atoms with Crippen molar-refractivity contribution in [3.63, 3.8) is 0 Å². The number of phenols is 1. The van der Waals surface area contributed by atoms with Gasteiger partial charge in [-0.2, -0.15) is 0 Å². The Bertz CT molecular complexity index is 1430. The number of ketones is 2. The molecule has 12 nitrogen and oxygen atoms in total. The van der Waals surface area contributed by atoms with Crippen LogP contribution in [0.2, 0.25) is 0 Å². The van der Waals surface area contributed by atoms with Crippen molar-refractivity contribution in [3.8, 4) is 5.75 Å². The second-order valence-electron chi connectivity index (χ2n) is 12.9. The predicted octanol–water partition coefficient (Wildman–Crippen LogP) is 0.533. The SMILES string of the molecule is CN(C)c1c(CN2CCC(C)(O)CC2)cc(O)c2c1C[C@H]1C[C@H]3[C@H](N(C)C)C(O)=C(C(N)=O)C(=O)[C@@]3(O)C(O)=C1C2=O. The molecule has 42 heavy (non-hydrogen) atoms. The Kier molecular flexibility index (Phi) is 7.20. The predicted molar refractivity (Wildman–Crippen MR) is 153 cm³/mol. The van der Waals surface area contributed by atoms with E-state index in [1.54, 1.807) is 14.1 Å². The number of hydrogen-bond donors (Lipinski definition) is 6. The molecule has 1 heterocycles. The Morgan fingerprint density at radius 3 is 2.26 bits per heavy atom. The van der Waals surface area contributed by atoms with Crippen molar-refractivity contribution in [3.05, 3.63) is 45.4 Å². The number of primary amides is 1. The largest absolute Gasteiger partial charge is 0.510 e. The molecular formula is C30H40N4O8. The van der Waals surface area contributed by atoms with E-state index < -0.39 is 63.6 Å². The van der Waals surface area contributed by atoms with E-state index in [1.807, 2.05) is 25.9 Å². The average molecular weight is 585 g/mol. The number of fused-ring (bicyclic) bond motifs is 3. The van der Waals surface area contributed by atoms with Gasteiger partial charge in [-0.25, -0.2) is 0 Å². The third-order valence-electron chi connectivity index (χ3n) is 9.55. The number of allylic oxidation sites excluding steroid dienone is 1. The summed E-state index contributed by atoms with van der Waals surface area (Å²) in [7, 11) is 6.89. The van der Waals surface area contributed by atoms with Crippen molar-refractivity contribution in [2.45, 2.75) is 56.4 Å². The first-order chi connectivity index (χ1) is 19.5. The summed E-state index contributed by atoms with van der Waals surface area (Å²) in [4.78, 5) is 45.3. The number of likely N-dealkylation sites (tertiary alicyclic amines) is 1. The molecule has 0 radical (unpaired) electrons. The molecule has 1 amide bonds. The molecule has 1 fully saturated rings. The maximum atomic E-state index is 14.0. The van der Waals surface area contributed by atoms with Gasteiger partial charge in [0.2, 0.25) is 5.78 Å². The number of hydrogen-bond acceptors (Lipinski definition) is 11. The number of likely N-dealkylation sites (N-methyl/N-ethyl adjacent to an activating group) is 1. The zero-order chi connectivity index (χ0) is 31.0. The molecule has 1 aliphatic heterocycles. The number of aromatic hydroxyl groups is 1. The number of nitrogens with zero attached hydrogens (tertiary/aromatic N) is 3. The van der Waals surface area contributed by atoms with Gasteiger partial charge in [0, 0.05) is 50.9 Å². The number of carbonyl (C=O) groups excluding carboxylic acids is 3. The van der Waals surface area contributed by atoms with Gasteiger partial charge >= 0.3 is 0 Å². The topological polar surface area (TPSA) is 188 Å². The number of benzene rings is 1. The highest BCUT2D eigenvalue weighted by atomic mass is 16.3. The van der Waals surface area contributed by atoms with Gasteiger partial charge in [0.25, 0.3) is 5.91 Å². The Balaban J connectivity index is 1.63. The van der Waals surface area contributed by atoms with E-state index in [-0.39, 0.29) is 29.7 Å². The quantitative estimate of drug-likeness (QED) is 0.265. The van der Waals surface area contributed by atoms with Gasteiger partial charge in [0.15, 0.2) is 11.4 Å². The fourth-order valence-corrected chi connectivity index (χ4v) is 7.49. The highest BCUT2D eigenvalue weighted by Gasteiger charge is 2.63. The van der Waals surface area contributed by atoms with Crippen LogP contribution in [0.25, 0.3) is 0 Å². The summed E-state index contributed by atoms with van der Waals surface area (Å²) in [5, 5.41) is 55.8. The molecule has 1 aromatic carbocycles. The maximum absolute atomic E-state index is 14.0.